The molecule has 0 unspecified atom stereocenters. The molecule has 0 aliphatic heterocycles. The number of anilines is 2. The Labute approximate surface area is 223 Å². The highest BCUT2D eigenvalue weighted by Gasteiger charge is 2.23. The summed E-state index contributed by atoms with van der Waals surface area (Å²) in [6, 6.07) is 17.1. The lowest BCUT2D eigenvalue weighted by Gasteiger charge is -2.17. The Morgan fingerprint density at radius 3 is 2.57 bits per heavy atom. The first-order chi connectivity index (χ1) is 17.9. The van der Waals surface area contributed by atoms with Crippen LogP contribution in [0, 0.1) is 5.82 Å². The molecule has 0 aliphatic carbocycles. The van der Waals surface area contributed by atoms with Crippen molar-refractivity contribution in [2.45, 2.75) is 26.7 Å². The molecule has 0 atom stereocenters. The van der Waals surface area contributed by atoms with Gasteiger partial charge in [0.2, 0.25) is 0 Å². The molecule has 5 rings (SSSR count). The predicted octanol–water partition coefficient (Wildman–Crippen LogP) is 6.91. The number of aromatic nitrogens is 3. The normalized spacial score (nSPS) is 11.2. The minimum Gasteiger partial charge on any atom is -0.490 e. The first-order valence-corrected chi connectivity index (χ1v) is 12.9. The molecule has 6 nitrogen and oxygen atoms in total. The number of ether oxygens (including phenoxy) is 1. The maximum atomic E-state index is 16.0. The Morgan fingerprint density at radius 2 is 1.81 bits per heavy atom. The molecule has 0 fully saturated rings. The second-order valence-corrected chi connectivity index (χ2v) is 9.62. The van der Waals surface area contributed by atoms with Gasteiger partial charge >= 0.3 is 0 Å². The number of fused-ring (bicyclic) bond motifs is 1. The van der Waals surface area contributed by atoms with E-state index in [4.69, 9.17) is 21.2 Å². The molecule has 37 heavy (non-hydrogen) atoms. The van der Waals surface area contributed by atoms with Crippen LogP contribution in [0.3, 0.4) is 0 Å². The van der Waals surface area contributed by atoms with Crippen LogP contribution in [0.25, 0.3) is 33.4 Å². The van der Waals surface area contributed by atoms with E-state index in [2.05, 4.69) is 25.9 Å². The summed E-state index contributed by atoms with van der Waals surface area (Å²) < 4.78 is 22.8. The quantitative estimate of drug-likeness (QED) is 0.188. The van der Waals surface area contributed by atoms with Gasteiger partial charge in [0.15, 0.2) is 11.6 Å². The van der Waals surface area contributed by atoms with E-state index in [1.54, 1.807) is 6.07 Å². The Morgan fingerprint density at radius 1 is 1.00 bits per heavy atom. The number of nitrogens with zero attached hydrogens (tertiary/aromatic N) is 2. The van der Waals surface area contributed by atoms with Crippen molar-refractivity contribution in [1.82, 2.24) is 15.0 Å². The van der Waals surface area contributed by atoms with Crippen LogP contribution in [0.1, 0.15) is 30.7 Å². The van der Waals surface area contributed by atoms with E-state index in [1.165, 1.54) is 0 Å². The molecule has 2 aromatic heterocycles. The molecule has 5 aromatic rings. The van der Waals surface area contributed by atoms with Crippen molar-refractivity contribution in [1.29, 1.82) is 0 Å². The number of benzene rings is 3. The van der Waals surface area contributed by atoms with Gasteiger partial charge in [0.1, 0.15) is 11.6 Å². The zero-order chi connectivity index (χ0) is 26.1. The summed E-state index contributed by atoms with van der Waals surface area (Å²) in [6.45, 7) is 4.18. The topological polar surface area (TPSA) is 103 Å². The molecule has 0 saturated heterocycles. The molecule has 188 valence electrons. The minimum atomic E-state index is -0.430. The van der Waals surface area contributed by atoms with Crippen molar-refractivity contribution in [3.63, 3.8) is 0 Å². The number of hydrogen-bond donors (Lipinski definition) is 3. The lowest BCUT2D eigenvalue weighted by atomic mass is 9.96. The smallest absolute Gasteiger partial charge is 0.169 e. The third-order valence-corrected chi connectivity index (χ3v) is 7.01. The van der Waals surface area contributed by atoms with Crippen LogP contribution in [0.2, 0.25) is 0 Å². The largest absolute Gasteiger partial charge is 0.490 e. The number of halogens is 2. The number of imidazole rings is 1. The third-order valence-electron chi connectivity index (χ3n) is 6.32. The molecule has 0 radical (unpaired) electrons. The Kier molecular flexibility index (Phi) is 6.84. The van der Waals surface area contributed by atoms with E-state index in [-0.39, 0.29) is 12.2 Å². The van der Waals surface area contributed by atoms with Crippen molar-refractivity contribution in [2.75, 3.05) is 18.1 Å². The zero-order valence-electron chi connectivity index (χ0n) is 20.6. The van der Waals surface area contributed by atoms with Crippen molar-refractivity contribution in [3.8, 4) is 28.4 Å². The molecule has 0 spiro atoms. The van der Waals surface area contributed by atoms with Crippen molar-refractivity contribution in [2.24, 2.45) is 0 Å². The summed E-state index contributed by atoms with van der Waals surface area (Å²) in [5.41, 5.74) is 17.2. The number of aryl methyl sites for hydroxylation is 1. The standard InChI is InChI=1S/C29H27BrFN5O/c1-3-16-11-18(14-20-13-17-12-19(32)9-10-21(17)28(33)35-20)26(31)27(37-4-2)25(16)29-34-15-24(36-29)22-7-5-6-8-23(22)30/h5-13,15H,3-4,14,32H2,1-2H3,(H2,33,35)(H,34,36). The minimum absolute atomic E-state index is 0.183. The van der Waals surface area contributed by atoms with Gasteiger partial charge in [-0.3, -0.25) is 0 Å². The van der Waals surface area contributed by atoms with Crippen LogP contribution in [0.15, 0.2) is 65.3 Å². The van der Waals surface area contributed by atoms with Crippen LogP contribution in [0.5, 0.6) is 5.75 Å². The summed E-state index contributed by atoms with van der Waals surface area (Å²) in [7, 11) is 0. The Hall–Kier alpha value is -3.91. The summed E-state index contributed by atoms with van der Waals surface area (Å²) in [6.07, 6.45) is 2.75. The SMILES string of the molecule is CCOc1c(F)c(Cc2cc3cc(N)ccc3c(N)n2)cc(CC)c1-c1nc(-c2ccccc2Br)c[nH]1. The number of nitrogen functional groups attached to an aromatic ring is 2. The molecule has 0 aliphatic rings. The average Bonchev–Trinajstić information content (AvgIpc) is 3.36. The summed E-state index contributed by atoms with van der Waals surface area (Å²) in [5, 5.41) is 1.69. The van der Waals surface area contributed by atoms with Crippen molar-refractivity contribution >= 4 is 38.2 Å². The van der Waals surface area contributed by atoms with Crippen LogP contribution in [0.4, 0.5) is 15.9 Å². The predicted molar refractivity (Wildman–Crippen MR) is 151 cm³/mol. The first kappa shape index (κ1) is 24.8. The van der Waals surface area contributed by atoms with Gasteiger partial charge in [0, 0.05) is 39.4 Å². The summed E-state index contributed by atoms with van der Waals surface area (Å²) in [4.78, 5) is 12.6. The number of H-pyrrole nitrogens is 1. The number of hydrogen-bond acceptors (Lipinski definition) is 5. The van der Waals surface area contributed by atoms with Gasteiger partial charge in [0.25, 0.3) is 0 Å². The highest BCUT2D eigenvalue weighted by Crippen LogP contribution is 2.39. The molecule has 0 amide bonds. The lowest BCUT2D eigenvalue weighted by molar-refractivity contribution is 0.321. The number of nitrogens with two attached hydrogens (primary N) is 2. The second kappa shape index (κ2) is 10.2. The van der Waals surface area contributed by atoms with Gasteiger partial charge in [0.05, 0.1) is 17.9 Å². The molecule has 2 heterocycles. The van der Waals surface area contributed by atoms with Gasteiger partial charge in [-0.15, -0.1) is 0 Å². The average molecular weight is 560 g/mol. The fourth-order valence-electron chi connectivity index (χ4n) is 4.60. The summed E-state index contributed by atoms with van der Waals surface area (Å²) in [5.74, 6) is 0.698. The molecular formula is C29H27BrFN5O. The Balaban J connectivity index is 1.60. The molecule has 0 bridgehead atoms. The van der Waals surface area contributed by atoms with E-state index in [0.717, 1.165) is 32.1 Å². The van der Waals surface area contributed by atoms with Gasteiger partial charge in [-0.05, 0) is 60.2 Å². The van der Waals surface area contributed by atoms with Crippen LogP contribution < -0.4 is 16.2 Å². The van der Waals surface area contributed by atoms with Crippen molar-refractivity contribution in [3.05, 3.63) is 87.9 Å². The number of nitrogens with one attached hydrogen (secondary N) is 1. The monoisotopic (exact) mass is 559 g/mol. The fourth-order valence-corrected chi connectivity index (χ4v) is 5.09. The van der Waals surface area contributed by atoms with Gasteiger partial charge < -0.3 is 21.2 Å². The third kappa shape index (κ3) is 4.76. The molecule has 0 saturated carbocycles. The first-order valence-electron chi connectivity index (χ1n) is 12.1. The van der Waals surface area contributed by atoms with Crippen LogP contribution in [-0.4, -0.2) is 21.6 Å². The maximum Gasteiger partial charge on any atom is 0.169 e. The van der Waals surface area contributed by atoms with Crippen LogP contribution >= 0.6 is 15.9 Å². The highest BCUT2D eigenvalue weighted by molar-refractivity contribution is 9.10. The van der Waals surface area contributed by atoms with E-state index in [0.29, 0.717) is 47.2 Å². The van der Waals surface area contributed by atoms with Crippen molar-refractivity contribution < 1.29 is 9.13 Å². The van der Waals surface area contributed by atoms with E-state index >= 15 is 4.39 Å². The lowest BCUT2D eigenvalue weighted by Crippen LogP contribution is -2.07. The van der Waals surface area contributed by atoms with E-state index < -0.39 is 5.82 Å². The highest BCUT2D eigenvalue weighted by atomic mass is 79.9. The zero-order valence-corrected chi connectivity index (χ0v) is 22.2. The van der Waals surface area contributed by atoms with Gasteiger partial charge in [-0.1, -0.05) is 47.1 Å². The molecule has 3 aromatic carbocycles. The molecular weight excluding hydrogens is 533 g/mol. The number of aromatic amines is 1. The maximum absolute atomic E-state index is 16.0. The number of pyridine rings is 1. The van der Waals surface area contributed by atoms with Crippen LogP contribution in [-0.2, 0) is 12.8 Å². The Bertz CT molecular complexity index is 1610. The second-order valence-electron chi connectivity index (χ2n) is 8.77. The fraction of sp³-hybridized carbons (Fsp3) is 0.172. The molecule has 8 heteroatoms. The van der Waals surface area contributed by atoms with E-state index in [9.17, 15) is 0 Å². The number of rotatable bonds is 7. The molecule has 5 N–H and O–H groups in total. The van der Waals surface area contributed by atoms with Gasteiger partial charge in [-0.25, -0.2) is 14.4 Å². The van der Waals surface area contributed by atoms with Gasteiger partial charge in [-0.2, -0.15) is 0 Å². The summed E-state index contributed by atoms with van der Waals surface area (Å²) >= 11 is 3.58. The van der Waals surface area contributed by atoms with E-state index in [1.807, 2.05) is 68.6 Å².